The van der Waals surface area contributed by atoms with Crippen molar-refractivity contribution in [1.29, 1.82) is 0 Å². The normalized spacial score (nSPS) is 21.2. The van der Waals surface area contributed by atoms with E-state index in [4.69, 9.17) is 4.74 Å². The van der Waals surface area contributed by atoms with Crippen molar-refractivity contribution in [2.45, 2.75) is 38.8 Å². The summed E-state index contributed by atoms with van der Waals surface area (Å²) in [5, 5.41) is 8.81. The minimum absolute atomic E-state index is 0.0260. The fourth-order valence-electron chi connectivity index (χ4n) is 2.37. The van der Waals surface area contributed by atoms with Gasteiger partial charge in [-0.3, -0.25) is 9.59 Å². The van der Waals surface area contributed by atoms with Crippen molar-refractivity contribution >= 4 is 23.2 Å². The smallest absolute Gasteiger partial charge is 0.244 e. The Morgan fingerprint density at radius 1 is 1.32 bits per heavy atom. The van der Waals surface area contributed by atoms with Crippen LogP contribution in [0.4, 0.5) is 11.4 Å². The molecule has 0 spiro atoms. The van der Waals surface area contributed by atoms with Gasteiger partial charge in [0.1, 0.15) is 6.04 Å². The van der Waals surface area contributed by atoms with E-state index in [9.17, 15) is 9.59 Å². The molecule has 120 valence electrons. The van der Waals surface area contributed by atoms with Crippen LogP contribution in [0.1, 0.15) is 26.7 Å². The molecule has 1 fully saturated rings. The van der Waals surface area contributed by atoms with Crippen molar-refractivity contribution in [2.24, 2.45) is 0 Å². The molecule has 3 N–H and O–H groups in total. The van der Waals surface area contributed by atoms with E-state index in [1.165, 1.54) is 0 Å². The minimum atomic E-state index is -0.368. The van der Waals surface area contributed by atoms with Gasteiger partial charge in [-0.2, -0.15) is 0 Å². The van der Waals surface area contributed by atoms with Gasteiger partial charge >= 0.3 is 0 Å². The molecular weight excluding hydrogens is 282 g/mol. The Kier molecular flexibility index (Phi) is 5.91. The Balaban J connectivity index is 1.97. The summed E-state index contributed by atoms with van der Waals surface area (Å²) < 4.78 is 5.47. The van der Waals surface area contributed by atoms with Crippen LogP contribution in [-0.2, 0) is 14.3 Å². The van der Waals surface area contributed by atoms with Crippen molar-refractivity contribution in [3.63, 3.8) is 0 Å². The highest BCUT2D eigenvalue weighted by molar-refractivity contribution is 5.96. The molecule has 1 heterocycles. The van der Waals surface area contributed by atoms with Crippen molar-refractivity contribution in [3.05, 3.63) is 24.3 Å². The van der Waals surface area contributed by atoms with Crippen LogP contribution in [0.25, 0.3) is 0 Å². The van der Waals surface area contributed by atoms with Crippen LogP contribution in [0, 0.1) is 0 Å². The Hall–Kier alpha value is -1.92. The lowest BCUT2D eigenvalue weighted by Crippen LogP contribution is -2.53. The molecular formula is C16H23N3O3. The number of hydrogen-bond acceptors (Lipinski definition) is 4. The maximum atomic E-state index is 12.3. The monoisotopic (exact) mass is 305 g/mol. The van der Waals surface area contributed by atoms with Crippen LogP contribution < -0.4 is 16.0 Å². The predicted molar refractivity (Wildman–Crippen MR) is 85.8 cm³/mol. The van der Waals surface area contributed by atoms with Gasteiger partial charge in [-0.15, -0.1) is 0 Å². The molecule has 1 saturated heterocycles. The second-order valence-electron chi connectivity index (χ2n) is 5.38. The molecule has 6 nitrogen and oxygen atoms in total. The largest absolute Gasteiger partial charge is 0.375 e. The lowest BCUT2D eigenvalue weighted by molar-refractivity contribution is -0.123. The van der Waals surface area contributed by atoms with Crippen molar-refractivity contribution in [3.8, 4) is 0 Å². The first-order chi connectivity index (χ1) is 10.6. The van der Waals surface area contributed by atoms with Crippen LogP contribution in [-0.4, -0.2) is 37.1 Å². The lowest BCUT2D eigenvalue weighted by Gasteiger charge is -2.29. The number of nitrogens with one attached hydrogen (secondary N) is 3. The molecule has 0 radical (unpaired) electrons. The van der Waals surface area contributed by atoms with Crippen LogP contribution >= 0.6 is 0 Å². The molecule has 0 aromatic heterocycles. The molecule has 1 aromatic rings. The fourth-order valence-corrected chi connectivity index (χ4v) is 2.37. The summed E-state index contributed by atoms with van der Waals surface area (Å²) in [6, 6.07) is 6.77. The summed E-state index contributed by atoms with van der Waals surface area (Å²) >= 11 is 0. The quantitative estimate of drug-likeness (QED) is 0.774. The summed E-state index contributed by atoms with van der Waals surface area (Å²) in [5.41, 5.74) is 1.33. The third-order valence-electron chi connectivity index (χ3n) is 3.49. The fraction of sp³-hybridized carbons (Fsp3) is 0.500. The molecule has 2 rings (SSSR count). The van der Waals surface area contributed by atoms with Gasteiger partial charge in [-0.25, -0.2) is 0 Å². The number of ether oxygens (including phenoxy) is 1. The first kappa shape index (κ1) is 16.5. The van der Waals surface area contributed by atoms with Crippen LogP contribution in [0.2, 0.25) is 0 Å². The molecule has 0 aliphatic carbocycles. The average molecular weight is 305 g/mol. The summed E-state index contributed by atoms with van der Waals surface area (Å²) in [7, 11) is 0. The molecule has 0 bridgehead atoms. The Bertz CT molecular complexity index is 533. The highest BCUT2D eigenvalue weighted by Gasteiger charge is 2.28. The standard InChI is InChI=1S/C16H23N3O3/c1-3-5-14(20)18-12-6-4-7-13(10-12)19-16(21)15-11(2)22-9-8-17-15/h4,6-7,10-11,15,17H,3,5,8-9H2,1-2H3,(H,18,20)(H,19,21)/t11-,15+/m1/s1. The van der Waals surface area contributed by atoms with Gasteiger partial charge in [0.2, 0.25) is 11.8 Å². The number of rotatable bonds is 5. The van der Waals surface area contributed by atoms with Crippen molar-refractivity contribution < 1.29 is 14.3 Å². The zero-order valence-corrected chi connectivity index (χ0v) is 13.0. The molecule has 2 atom stereocenters. The summed E-state index contributed by atoms with van der Waals surface area (Å²) in [5.74, 6) is -0.161. The van der Waals surface area contributed by atoms with E-state index in [1.54, 1.807) is 24.3 Å². The minimum Gasteiger partial charge on any atom is -0.375 e. The van der Waals surface area contributed by atoms with E-state index >= 15 is 0 Å². The second kappa shape index (κ2) is 7.91. The Morgan fingerprint density at radius 3 is 2.73 bits per heavy atom. The number of hydrogen-bond donors (Lipinski definition) is 3. The molecule has 1 aromatic carbocycles. The van der Waals surface area contributed by atoms with Crippen LogP contribution in [0.15, 0.2) is 24.3 Å². The summed E-state index contributed by atoms with van der Waals surface area (Å²) in [4.78, 5) is 23.9. The first-order valence-electron chi connectivity index (χ1n) is 7.66. The molecule has 2 amide bonds. The third-order valence-corrected chi connectivity index (χ3v) is 3.49. The van der Waals surface area contributed by atoms with E-state index in [2.05, 4.69) is 16.0 Å². The van der Waals surface area contributed by atoms with Crippen LogP contribution in [0.3, 0.4) is 0 Å². The predicted octanol–water partition coefficient (Wildman–Crippen LogP) is 1.74. The highest BCUT2D eigenvalue weighted by atomic mass is 16.5. The molecule has 0 saturated carbocycles. The van der Waals surface area contributed by atoms with Gasteiger partial charge in [-0.05, 0) is 31.5 Å². The van der Waals surface area contributed by atoms with Gasteiger partial charge in [0.05, 0.1) is 12.7 Å². The number of carbonyl (C=O) groups is 2. The topological polar surface area (TPSA) is 79.5 Å². The van der Waals surface area contributed by atoms with Crippen molar-refractivity contribution in [1.82, 2.24) is 5.32 Å². The molecule has 1 aliphatic heterocycles. The number of carbonyl (C=O) groups excluding carboxylic acids is 2. The van der Waals surface area contributed by atoms with Crippen molar-refractivity contribution in [2.75, 3.05) is 23.8 Å². The Labute approximate surface area is 130 Å². The first-order valence-corrected chi connectivity index (χ1v) is 7.66. The van der Waals surface area contributed by atoms with E-state index in [0.717, 1.165) is 6.42 Å². The van der Waals surface area contributed by atoms with E-state index < -0.39 is 0 Å². The van der Waals surface area contributed by atoms with Crippen LogP contribution in [0.5, 0.6) is 0 Å². The van der Waals surface area contributed by atoms with Gasteiger partial charge < -0.3 is 20.7 Å². The third kappa shape index (κ3) is 4.54. The lowest BCUT2D eigenvalue weighted by atomic mass is 10.1. The second-order valence-corrected chi connectivity index (χ2v) is 5.38. The maximum Gasteiger partial charge on any atom is 0.244 e. The summed E-state index contributed by atoms with van der Waals surface area (Å²) in [6.07, 6.45) is 1.12. The summed E-state index contributed by atoms with van der Waals surface area (Å²) in [6.45, 7) is 5.11. The van der Waals surface area contributed by atoms with E-state index in [-0.39, 0.29) is 24.0 Å². The van der Waals surface area contributed by atoms with Gasteiger partial charge in [0.15, 0.2) is 0 Å². The number of anilines is 2. The average Bonchev–Trinajstić information content (AvgIpc) is 2.48. The maximum absolute atomic E-state index is 12.3. The Morgan fingerprint density at radius 2 is 2.05 bits per heavy atom. The molecule has 1 aliphatic rings. The zero-order chi connectivity index (χ0) is 15.9. The van der Waals surface area contributed by atoms with E-state index in [0.29, 0.717) is 30.9 Å². The SMILES string of the molecule is CCCC(=O)Nc1cccc(NC(=O)[C@H]2NCCO[C@@H]2C)c1. The van der Waals surface area contributed by atoms with E-state index in [1.807, 2.05) is 13.8 Å². The number of morpholine rings is 1. The van der Waals surface area contributed by atoms with Gasteiger partial charge in [0, 0.05) is 24.3 Å². The molecule has 6 heteroatoms. The zero-order valence-electron chi connectivity index (χ0n) is 13.0. The number of amides is 2. The highest BCUT2D eigenvalue weighted by Crippen LogP contribution is 2.16. The molecule has 22 heavy (non-hydrogen) atoms. The van der Waals surface area contributed by atoms with Gasteiger partial charge in [0.25, 0.3) is 0 Å². The number of benzene rings is 1. The van der Waals surface area contributed by atoms with Gasteiger partial charge in [-0.1, -0.05) is 13.0 Å². The molecule has 0 unspecified atom stereocenters.